The number of hydrogen-bond donors (Lipinski definition) is 0. The van der Waals surface area contributed by atoms with Gasteiger partial charge in [0.1, 0.15) is 6.29 Å². The summed E-state index contributed by atoms with van der Waals surface area (Å²) in [7, 11) is 0. The number of aryl methyl sites for hydroxylation is 1. The lowest BCUT2D eigenvalue weighted by molar-refractivity contribution is -0.107. The Balaban J connectivity index is 3.41. The molecule has 0 heterocycles. The molecule has 0 aromatic heterocycles. The highest BCUT2D eigenvalue weighted by Gasteiger charge is 2.12. The normalized spacial score (nSPS) is 10.2. The summed E-state index contributed by atoms with van der Waals surface area (Å²) < 4.78 is 0. The number of hydrogen-bond acceptors (Lipinski definition) is 2. The zero-order valence-corrected chi connectivity index (χ0v) is 10.1. The molecule has 1 aromatic carbocycles. The molecule has 0 saturated heterocycles. The first kappa shape index (κ1) is 12.4. The Morgan fingerprint density at radius 1 is 1.44 bits per heavy atom. The zero-order chi connectivity index (χ0) is 12.1. The van der Waals surface area contributed by atoms with Gasteiger partial charge >= 0.3 is 0 Å². The molecule has 2 heteroatoms. The number of nitrogens with zero attached hydrogens (tertiary/aromatic N) is 1. The summed E-state index contributed by atoms with van der Waals surface area (Å²) >= 11 is 0. The third-order valence-electron chi connectivity index (χ3n) is 2.80. The predicted molar refractivity (Wildman–Crippen MR) is 64.4 cm³/mol. The molecule has 2 nitrogen and oxygen atoms in total. The number of nitriles is 1. The van der Waals surface area contributed by atoms with Crippen molar-refractivity contribution in [2.24, 2.45) is 0 Å². The van der Waals surface area contributed by atoms with Crippen LogP contribution in [0.5, 0.6) is 0 Å². The summed E-state index contributed by atoms with van der Waals surface area (Å²) in [5.74, 6) is 0.341. The minimum Gasteiger partial charge on any atom is -0.303 e. The largest absolute Gasteiger partial charge is 0.303 e. The standard InChI is InChI=1S/C14H17NO/c1-4-12-7-11(9-15)8-14(10(2)3)13(12)5-6-16/h6-8,10H,4-5H2,1-3H3. The van der Waals surface area contributed by atoms with Crippen molar-refractivity contribution in [2.75, 3.05) is 0 Å². The maximum atomic E-state index is 10.7. The van der Waals surface area contributed by atoms with Gasteiger partial charge in [0, 0.05) is 6.42 Å². The molecule has 1 rings (SSSR count). The topological polar surface area (TPSA) is 40.9 Å². The Labute approximate surface area is 96.9 Å². The lowest BCUT2D eigenvalue weighted by atomic mass is 9.89. The fourth-order valence-corrected chi connectivity index (χ4v) is 1.98. The van der Waals surface area contributed by atoms with E-state index in [1.165, 1.54) is 0 Å². The first-order valence-electron chi connectivity index (χ1n) is 5.63. The van der Waals surface area contributed by atoms with E-state index in [1.807, 2.05) is 12.1 Å². The van der Waals surface area contributed by atoms with Gasteiger partial charge in [0.05, 0.1) is 11.6 Å². The molecule has 0 N–H and O–H groups in total. The minimum atomic E-state index is 0.341. The molecule has 0 aliphatic heterocycles. The molecule has 0 radical (unpaired) electrons. The lowest BCUT2D eigenvalue weighted by Gasteiger charge is -2.15. The molecule has 16 heavy (non-hydrogen) atoms. The van der Waals surface area contributed by atoms with Gasteiger partial charge in [-0.25, -0.2) is 0 Å². The minimum absolute atomic E-state index is 0.341. The van der Waals surface area contributed by atoms with Crippen molar-refractivity contribution in [3.8, 4) is 6.07 Å². The van der Waals surface area contributed by atoms with Crippen LogP contribution in [-0.4, -0.2) is 6.29 Å². The highest BCUT2D eigenvalue weighted by molar-refractivity contribution is 5.59. The van der Waals surface area contributed by atoms with Crippen molar-refractivity contribution in [2.45, 2.75) is 39.5 Å². The molecular formula is C14H17NO. The van der Waals surface area contributed by atoms with Crippen LogP contribution in [0.1, 0.15) is 48.9 Å². The van der Waals surface area contributed by atoms with Gasteiger partial charge in [0.2, 0.25) is 0 Å². The van der Waals surface area contributed by atoms with Crippen LogP contribution in [0.2, 0.25) is 0 Å². The molecule has 0 saturated carbocycles. The van der Waals surface area contributed by atoms with Crippen LogP contribution < -0.4 is 0 Å². The van der Waals surface area contributed by atoms with Gasteiger partial charge in [-0.05, 0) is 41.2 Å². The molecule has 0 atom stereocenters. The quantitative estimate of drug-likeness (QED) is 0.724. The SMILES string of the molecule is CCc1cc(C#N)cc(C(C)C)c1CC=O. The van der Waals surface area contributed by atoms with E-state index < -0.39 is 0 Å². The fourth-order valence-electron chi connectivity index (χ4n) is 1.98. The van der Waals surface area contributed by atoms with E-state index in [1.54, 1.807) is 0 Å². The summed E-state index contributed by atoms with van der Waals surface area (Å²) in [4.78, 5) is 10.7. The smallest absolute Gasteiger partial charge is 0.124 e. The molecule has 0 fully saturated rings. The van der Waals surface area contributed by atoms with E-state index >= 15 is 0 Å². The van der Waals surface area contributed by atoms with Crippen molar-refractivity contribution in [3.05, 3.63) is 34.4 Å². The maximum absolute atomic E-state index is 10.7. The average molecular weight is 215 g/mol. The summed E-state index contributed by atoms with van der Waals surface area (Å²) in [6.07, 6.45) is 2.24. The van der Waals surface area contributed by atoms with Crippen LogP contribution in [0.25, 0.3) is 0 Å². The number of benzene rings is 1. The van der Waals surface area contributed by atoms with E-state index in [2.05, 4.69) is 26.8 Å². The van der Waals surface area contributed by atoms with Crippen LogP contribution in [0, 0.1) is 11.3 Å². The molecule has 0 unspecified atom stereocenters. The van der Waals surface area contributed by atoms with Gasteiger partial charge in [0.15, 0.2) is 0 Å². The number of carbonyl (C=O) groups is 1. The second-order valence-corrected chi connectivity index (χ2v) is 4.19. The van der Waals surface area contributed by atoms with Gasteiger partial charge in [-0.1, -0.05) is 20.8 Å². The van der Waals surface area contributed by atoms with Gasteiger partial charge < -0.3 is 4.79 Å². The summed E-state index contributed by atoms with van der Waals surface area (Å²) in [6.45, 7) is 6.23. The Morgan fingerprint density at radius 2 is 2.12 bits per heavy atom. The van der Waals surface area contributed by atoms with E-state index in [0.717, 1.165) is 29.4 Å². The zero-order valence-electron chi connectivity index (χ0n) is 10.1. The first-order valence-corrected chi connectivity index (χ1v) is 5.63. The molecule has 0 aliphatic rings. The fraction of sp³-hybridized carbons (Fsp3) is 0.429. The number of carbonyl (C=O) groups excluding carboxylic acids is 1. The van der Waals surface area contributed by atoms with E-state index in [0.29, 0.717) is 17.9 Å². The Hall–Kier alpha value is -1.62. The van der Waals surface area contributed by atoms with Crippen molar-refractivity contribution < 1.29 is 4.79 Å². The average Bonchev–Trinajstić information content (AvgIpc) is 2.29. The molecule has 1 aromatic rings. The van der Waals surface area contributed by atoms with Gasteiger partial charge in [-0.2, -0.15) is 5.26 Å². The van der Waals surface area contributed by atoms with Crippen LogP contribution in [0.3, 0.4) is 0 Å². The number of rotatable bonds is 4. The Kier molecular flexibility index (Phi) is 4.25. The summed E-state index contributed by atoms with van der Waals surface area (Å²) in [5, 5.41) is 8.97. The van der Waals surface area contributed by atoms with Gasteiger partial charge in [-0.15, -0.1) is 0 Å². The van der Waals surface area contributed by atoms with E-state index in [4.69, 9.17) is 5.26 Å². The van der Waals surface area contributed by atoms with Crippen LogP contribution >= 0.6 is 0 Å². The van der Waals surface area contributed by atoms with Crippen molar-refractivity contribution in [3.63, 3.8) is 0 Å². The molecule has 0 spiro atoms. The maximum Gasteiger partial charge on any atom is 0.124 e. The highest BCUT2D eigenvalue weighted by Crippen LogP contribution is 2.25. The van der Waals surface area contributed by atoms with Gasteiger partial charge in [0.25, 0.3) is 0 Å². The molecule has 84 valence electrons. The second kappa shape index (κ2) is 5.46. The van der Waals surface area contributed by atoms with Gasteiger partial charge in [-0.3, -0.25) is 0 Å². The van der Waals surface area contributed by atoms with E-state index in [9.17, 15) is 4.79 Å². The molecule has 0 bridgehead atoms. The summed E-state index contributed by atoms with van der Waals surface area (Å²) in [6, 6.07) is 5.98. The Bertz CT molecular complexity index is 427. The molecule has 0 amide bonds. The van der Waals surface area contributed by atoms with Crippen molar-refractivity contribution in [1.82, 2.24) is 0 Å². The molecular weight excluding hydrogens is 198 g/mol. The summed E-state index contributed by atoms with van der Waals surface area (Å²) in [5.41, 5.74) is 4.04. The lowest BCUT2D eigenvalue weighted by Crippen LogP contribution is -2.03. The Morgan fingerprint density at radius 3 is 2.56 bits per heavy atom. The van der Waals surface area contributed by atoms with Crippen LogP contribution in [0.15, 0.2) is 12.1 Å². The van der Waals surface area contributed by atoms with E-state index in [-0.39, 0.29) is 0 Å². The third kappa shape index (κ3) is 2.49. The second-order valence-electron chi connectivity index (χ2n) is 4.19. The van der Waals surface area contributed by atoms with Crippen molar-refractivity contribution in [1.29, 1.82) is 5.26 Å². The first-order chi connectivity index (χ1) is 7.63. The number of aldehydes is 1. The van der Waals surface area contributed by atoms with Crippen LogP contribution in [0.4, 0.5) is 0 Å². The van der Waals surface area contributed by atoms with Crippen LogP contribution in [-0.2, 0) is 17.6 Å². The highest BCUT2D eigenvalue weighted by atomic mass is 16.1. The predicted octanol–water partition coefficient (Wildman–Crippen LogP) is 2.99. The van der Waals surface area contributed by atoms with Crippen molar-refractivity contribution >= 4 is 6.29 Å². The molecule has 0 aliphatic carbocycles. The monoisotopic (exact) mass is 215 g/mol. The third-order valence-corrected chi connectivity index (χ3v) is 2.80.